The second kappa shape index (κ2) is 8.18. The molecule has 1 heterocycles. The minimum Gasteiger partial charge on any atom is -0.331 e. The number of halogens is 2. The third kappa shape index (κ3) is 4.43. The van der Waals surface area contributed by atoms with E-state index in [-0.39, 0.29) is 18.6 Å². The number of carbonyl (C=O) groups is 1. The van der Waals surface area contributed by atoms with Crippen LogP contribution in [-0.4, -0.2) is 32.7 Å². The van der Waals surface area contributed by atoms with Crippen molar-refractivity contribution >= 4 is 17.6 Å². The molecule has 0 fully saturated rings. The summed E-state index contributed by atoms with van der Waals surface area (Å²) in [4.78, 5) is 17.7. The van der Waals surface area contributed by atoms with Crippen LogP contribution in [0.3, 0.4) is 0 Å². The Balaban J connectivity index is 1.63. The molecule has 6 nitrogen and oxygen atoms in total. The number of aromatic nitrogens is 3. The highest BCUT2D eigenvalue weighted by Gasteiger charge is 2.16. The number of amides is 2. The van der Waals surface area contributed by atoms with Crippen LogP contribution in [0.2, 0.25) is 5.02 Å². The summed E-state index contributed by atoms with van der Waals surface area (Å²) in [6, 6.07) is 11.5. The van der Waals surface area contributed by atoms with E-state index in [1.54, 1.807) is 24.1 Å². The summed E-state index contributed by atoms with van der Waals surface area (Å²) in [6.07, 6.45) is 3.08. The Morgan fingerprint density at radius 1 is 1.30 bits per heavy atom. The number of urea groups is 1. The Hall–Kier alpha value is -2.93. The molecule has 1 N–H and O–H groups in total. The van der Waals surface area contributed by atoms with Gasteiger partial charge in [-0.25, -0.2) is 18.9 Å². The predicted octanol–water partition coefficient (Wildman–Crippen LogP) is 3.96. The van der Waals surface area contributed by atoms with Gasteiger partial charge >= 0.3 is 6.03 Å². The van der Waals surface area contributed by atoms with Gasteiger partial charge in [0.05, 0.1) is 18.3 Å². The monoisotopic (exact) mass is 387 g/mol. The highest BCUT2D eigenvalue weighted by molar-refractivity contribution is 6.31. The topological polar surface area (TPSA) is 63.1 Å². The van der Waals surface area contributed by atoms with E-state index in [2.05, 4.69) is 15.4 Å². The van der Waals surface area contributed by atoms with Crippen molar-refractivity contribution < 1.29 is 9.18 Å². The summed E-state index contributed by atoms with van der Waals surface area (Å²) >= 11 is 6.03. The third-order valence-corrected chi connectivity index (χ3v) is 4.57. The van der Waals surface area contributed by atoms with E-state index >= 15 is 0 Å². The van der Waals surface area contributed by atoms with E-state index in [9.17, 15) is 9.18 Å². The van der Waals surface area contributed by atoms with Gasteiger partial charge in [0.25, 0.3) is 0 Å². The molecule has 2 amide bonds. The fraction of sp³-hybridized carbons (Fsp3) is 0.211. The fourth-order valence-electron chi connectivity index (χ4n) is 2.63. The lowest BCUT2D eigenvalue weighted by molar-refractivity contribution is 0.203. The zero-order valence-electron chi connectivity index (χ0n) is 14.9. The lowest BCUT2D eigenvalue weighted by Crippen LogP contribution is -2.38. The quantitative estimate of drug-likeness (QED) is 0.720. The van der Waals surface area contributed by atoms with Gasteiger partial charge in [-0.3, -0.25) is 0 Å². The van der Waals surface area contributed by atoms with E-state index in [1.807, 2.05) is 31.2 Å². The average molecular weight is 388 g/mol. The van der Waals surface area contributed by atoms with Crippen molar-refractivity contribution in [3.05, 3.63) is 77.1 Å². The van der Waals surface area contributed by atoms with Gasteiger partial charge < -0.3 is 10.2 Å². The summed E-state index contributed by atoms with van der Waals surface area (Å²) < 4.78 is 15.6. The molecule has 140 valence electrons. The fourth-order valence-corrected chi connectivity index (χ4v) is 2.85. The maximum absolute atomic E-state index is 13.9. The number of rotatable bonds is 5. The van der Waals surface area contributed by atoms with Crippen molar-refractivity contribution in [2.45, 2.75) is 19.5 Å². The molecule has 3 aromatic rings. The normalized spacial score (nSPS) is 11.9. The molecule has 0 radical (unpaired) electrons. The van der Waals surface area contributed by atoms with Gasteiger partial charge in [0, 0.05) is 17.6 Å². The highest BCUT2D eigenvalue weighted by atomic mass is 35.5. The molecule has 0 bridgehead atoms. The summed E-state index contributed by atoms with van der Waals surface area (Å²) in [5.41, 5.74) is 2.10. The van der Waals surface area contributed by atoms with Crippen LogP contribution in [0.25, 0.3) is 5.69 Å². The van der Waals surface area contributed by atoms with Crippen LogP contribution in [0.1, 0.15) is 24.1 Å². The van der Waals surface area contributed by atoms with Crippen molar-refractivity contribution in [2.24, 2.45) is 0 Å². The Morgan fingerprint density at radius 3 is 2.67 bits per heavy atom. The molecule has 0 aliphatic rings. The van der Waals surface area contributed by atoms with Crippen LogP contribution in [0.4, 0.5) is 9.18 Å². The van der Waals surface area contributed by atoms with Crippen LogP contribution in [0.15, 0.2) is 55.1 Å². The van der Waals surface area contributed by atoms with Gasteiger partial charge in [0.15, 0.2) is 0 Å². The number of carbonyl (C=O) groups excluding carboxylic acids is 1. The minimum absolute atomic E-state index is 0.0787. The molecule has 8 heteroatoms. The predicted molar refractivity (Wildman–Crippen MR) is 101 cm³/mol. The molecule has 0 aliphatic carbocycles. The molecule has 0 saturated heterocycles. The lowest BCUT2D eigenvalue weighted by atomic mass is 10.1. The van der Waals surface area contributed by atoms with Crippen molar-refractivity contribution in [3.63, 3.8) is 0 Å². The van der Waals surface area contributed by atoms with Crippen molar-refractivity contribution in [2.75, 3.05) is 7.05 Å². The largest absolute Gasteiger partial charge is 0.331 e. The van der Waals surface area contributed by atoms with Crippen LogP contribution in [0, 0.1) is 5.82 Å². The first kappa shape index (κ1) is 18.8. The van der Waals surface area contributed by atoms with Gasteiger partial charge in [-0.1, -0.05) is 29.8 Å². The van der Waals surface area contributed by atoms with E-state index in [0.717, 1.165) is 11.3 Å². The van der Waals surface area contributed by atoms with Gasteiger partial charge in [-0.15, -0.1) is 0 Å². The highest BCUT2D eigenvalue weighted by Crippen LogP contribution is 2.21. The average Bonchev–Trinajstić information content (AvgIpc) is 3.19. The molecule has 1 unspecified atom stereocenters. The number of hydrogen-bond donors (Lipinski definition) is 1. The molecule has 1 aromatic heterocycles. The first-order valence-corrected chi connectivity index (χ1v) is 8.73. The molecule has 27 heavy (non-hydrogen) atoms. The SMILES string of the molecule is CC(NC(=O)N(C)Cc1c(F)cccc1Cl)c1ccc(-n2cncn2)cc1. The second-order valence-corrected chi connectivity index (χ2v) is 6.57. The van der Waals surface area contributed by atoms with Gasteiger partial charge in [-0.2, -0.15) is 5.10 Å². The molecule has 0 spiro atoms. The smallest absolute Gasteiger partial charge is 0.317 e. The lowest BCUT2D eigenvalue weighted by Gasteiger charge is -2.22. The van der Waals surface area contributed by atoms with Gasteiger partial charge in [0.2, 0.25) is 0 Å². The summed E-state index contributed by atoms with van der Waals surface area (Å²) in [5.74, 6) is -0.432. The summed E-state index contributed by atoms with van der Waals surface area (Å²) in [5, 5.41) is 7.27. The van der Waals surface area contributed by atoms with E-state index in [1.165, 1.54) is 23.4 Å². The number of benzene rings is 2. The Kier molecular flexibility index (Phi) is 5.71. The Morgan fingerprint density at radius 2 is 2.04 bits per heavy atom. The van der Waals surface area contributed by atoms with Gasteiger partial charge in [0.1, 0.15) is 18.5 Å². The molecular weight excluding hydrogens is 369 g/mol. The molecule has 0 saturated carbocycles. The van der Waals surface area contributed by atoms with Crippen molar-refractivity contribution in [1.82, 2.24) is 25.0 Å². The Labute approximate surface area is 161 Å². The Bertz CT molecular complexity index is 894. The first-order chi connectivity index (χ1) is 13.0. The van der Waals surface area contributed by atoms with Crippen molar-refractivity contribution in [3.8, 4) is 5.69 Å². The molecule has 0 aliphatic heterocycles. The zero-order chi connectivity index (χ0) is 19.4. The van der Waals surface area contributed by atoms with E-state index < -0.39 is 5.82 Å². The zero-order valence-corrected chi connectivity index (χ0v) is 15.7. The first-order valence-electron chi connectivity index (χ1n) is 8.35. The molecule has 3 rings (SSSR count). The maximum atomic E-state index is 13.9. The van der Waals surface area contributed by atoms with E-state index in [0.29, 0.717) is 10.6 Å². The standard InChI is InChI=1S/C19H19ClFN5O/c1-13(14-6-8-15(9-7-14)26-12-22-11-23-26)24-19(27)25(2)10-16-17(20)4-3-5-18(16)21/h3-9,11-13H,10H2,1-2H3,(H,24,27). The van der Waals surface area contributed by atoms with E-state index in [4.69, 9.17) is 11.6 Å². The van der Waals surface area contributed by atoms with Crippen LogP contribution in [-0.2, 0) is 6.54 Å². The third-order valence-electron chi connectivity index (χ3n) is 4.22. The number of hydrogen-bond acceptors (Lipinski definition) is 3. The summed E-state index contributed by atoms with van der Waals surface area (Å²) in [6.45, 7) is 1.96. The van der Waals surface area contributed by atoms with Crippen LogP contribution in [0.5, 0.6) is 0 Å². The molecule has 1 atom stereocenters. The summed E-state index contributed by atoms with van der Waals surface area (Å²) in [7, 11) is 1.60. The number of nitrogens with zero attached hydrogens (tertiary/aromatic N) is 4. The number of nitrogens with one attached hydrogen (secondary N) is 1. The van der Waals surface area contributed by atoms with Gasteiger partial charge in [-0.05, 0) is 36.8 Å². The van der Waals surface area contributed by atoms with Crippen LogP contribution < -0.4 is 5.32 Å². The molecular formula is C19H19ClFN5O. The van der Waals surface area contributed by atoms with Crippen molar-refractivity contribution in [1.29, 1.82) is 0 Å². The molecule has 2 aromatic carbocycles. The minimum atomic E-state index is -0.432. The second-order valence-electron chi connectivity index (χ2n) is 6.16. The maximum Gasteiger partial charge on any atom is 0.317 e. The van der Waals surface area contributed by atoms with Crippen LogP contribution >= 0.6 is 11.6 Å².